The molecule has 0 radical (unpaired) electrons. The summed E-state index contributed by atoms with van der Waals surface area (Å²) in [7, 11) is 0. The van der Waals surface area contributed by atoms with Gasteiger partial charge in [0.05, 0.1) is 0 Å². The summed E-state index contributed by atoms with van der Waals surface area (Å²) in [6.07, 6.45) is 0.688. The highest BCUT2D eigenvalue weighted by atomic mass is 35.5. The van der Waals surface area contributed by atoms with E-state index in [1.165, 1.54) is 5.54 Å². The quantitative estimate of drug-likeness (QED) is 0.792. The predicted octanol–water partition coefficient (Wildman–Crippen LogP) is 1.83. The zero-order valence-electron chi connectivity index (χ0n) is 7.76. The van der Waals surface area contributed by atoms with Gasteiger partial charge in [-0.15, -0.1) is 0 Å². The topological polar surface area (TPSA) is 51.0 Å². The number of hydrogen-bond acceptors (Lipinski definition) is 4. The molecule has 0 atom stereocenters. The first-order valence-electron chi connectivity index (χ1n) is 4.17. The van der Waals surface area contributed by atoms with Crippen molar-refractivity contribution in [1.29, 1.82) is 0 Å². The van der Waals surface area contributed by atoms with Crippen molar-refractivity contribution in [2.24, 2.45) is 0 Å². The van der Waals surface area contributed by atoms with E-state index in [9.17, 15) is 0 Å². The number of nitrogens with zero attached hydrogens (tertiary/aromatic N) is 2. The zero-order chi connectivity index (χ0) is 10.4. The van der Waals surface area contributed by atoms with Crippen molar-refractivity contribution in [1.82, 2.24) is 15.5 Å². The Labute approximate surface area is 92.3 Å². The van der Waals surface area contributed by atoms with Gasteiger partial charge < -0.3 is 9.84 Å². The Morgan fingerprint density at radius 3 is 3.00 bits per heavy atom. The van der Waals surface area contributed by atoms with Crippen LogP contribution >= 0.6 is 23.2 Å². The predicted molar refractivity (Wildman–Crippen MR) is 55.4 cm³/mol. The standard InChI is InChI=1S/C8H11Cl2N3O/c1-6-12-8(14-13-6)2-3-11-5-7(10)4-9/h4,11H,2-3,5H2,1H3. The Morgan fingerprint density at radius 1 is 1.64 bits per heavy atom. The summed E-state index contributed by atoms with van der Waals surface area (Å²) >= 11 is 11.0. The van der Waals surface area contributed by atoms with E-state index in [-0.39, 0.29) is 0 Å². The Kier molecular flexibility index (Phi) is 4.93. The lowest BCUT2D eigenvalue weighted by Gasteiger charge is -1.99. The highest BCUT2D eigenvalue weighted by Crippen LogP contribution is 2.00. The molecule has 14 heavy (non-hydrogen) atoms. The molecule has 1 rings (SSSR count). The van der Waals surface area contributed by atoms with Crippen LogP contribution in [0.4, 0.5) is 0 Å². The van der Waals surface area contributed by atoms with E-state index < -0.39 is 0 Å². The monoisotopic (exact) mass is 235 g/mol. The molecule has 78 valence electrons. The molecule has 0 aromatic carbocycles. The first-order valence-corrected chi connectivity index (χ1v) is 4.98. The van der Waals surface area contributed by atoms with Gasteiger partial charge in [-0.2, -0.15) is 4.98 Å². The molecule has 0 spiro atoms. The van der Waals surface area contributed by atoms with Crippen LogP contribution in [0.5, 0.6) is 0 Å². The number of nitrogens with one attached hydrogen (secondary N) is 1. The fourth-order valence-corrected chi connectivity index (χ4v) is 1.05. The molecule has 1 N–H and O–H groups in total. The summed E-state index contributed by atoms with van der Waals surface area (Å²) < 4.78 is 4.92. The summed E-state index contributed by atoms with van der Waals surface area (Å²) in [5.41, 5.74) is 1.34. The molecule has 0 aliphatic carbocycles. The molecular formula is C8H11Cl2N3O. The second-order valence-electron chi connectivity index (χ2n) is 2.72. The molecule has 1 heterocycles. The molecule has 0 unspecified atom stereocenters. The Hall–Kier alpha value is -0.580. The number of hydrogen-bond donors (Lipinski definition) is 1. The Balaban J connectivity index is 2.16. The van der Waals surface area contributed by atoms with E-state index in [2.05, 4.69) is 15.5 Å². The molecule has 0 saturated carbocycles. The molecule has 0 aliphatic rings. The molecule has 0 fully saturated rings. The van der Waals surface area contributed by atoms with Gasteiger partial charge in [-0.1, -0.05) is 28.4 Å². The fourth-order valence-electron chi connectivity index (χ4n) is 0.883. The van der Waals surface area contributed by atoms with Crippen LogP contribution < -0.4 is 5.32 Å². The average molecular weight is 236 g/mol. The number of aromatic nitrogens is 2. The van der Waals surface area contributed by atoms with Crippen molar-refractivity contribution in [2.75, 3.05) is 13.1 Å². The first-order chi connectivity index (χ1) is 6.72. The molecule has 6 heteroatoms. The van der Waals surface area contributed by atoms with E-state index in [4.69, 9.17) is 27.7 Å². The van der Waals surface area contributed by atoms with E-state index in [0.29, 0.717) is 29.7 Å². The van der Waals surface area contributed by atoms with Crippen LogP contribution in [0, 0.1) is 6.92 Å². The number of aryl methyl sites for hydroxylation is 1. The van der Waals surface area contributed by atoms with E-state index in [1.807, 2.05) is 0 Å². The average Bonchev–Trinajstić information content (AvgIpc) is 2.58. The van der Waals surface area contributed by atoms with Gasteiger partial charge in [0.2, 0.25) is 5.89 Å². The highest BCUT2D eigenvalue weighted by molar-refractivity contribution is 6.36. The van der Waals surface area contributed by atoms with Gasteiger partial charge in [-0.25, -0.2) is 0 Å². The maximum atomic E-state index is 5.67. The highest BCUT2D eigenvalue weighted by Gasteiger charge is 2.01. The van der Waals surface area contributed by atoms with Gasteiger partial charge in [0.25, 0.3) is 0 Å². The van der Waals surface area contributed by atoms with E-state index in [0.717, 1.165) is 6.54 Å². The van der Waals surface area contributed by atoms with Crippen LogP contribution in [-0.2, 0) is 6.42 Å². The fraction of sp³-hybridized carbons (Fsp3) is 0.500. The lowest BCUT2D eigenvalue weighted by Crippen LogP contribution is -2.18. The largest absolute Gasteiger partial charge is 0.339 e. The molecule has 0 bridgehead atoms. The van der Waals surface area contributed by atoms with Crippen molar-refractivity contribution < 1.29 is 4.52 Å². The van der Waals surface area contributed by atoms with Gasteiger partial charge in [0.1, 0.15) is 0 Å². The molecule has 1 aromatic rings. The van der Waals surface area contributed by atoms with Crippen molar-refractivity contribution in [3.05, 3.63) is 22.3 Å². The molecule has 0 amide bonds. The minimum Gasteiger partial charge on any atom is -0.339 e. The summed E-state index contributed by atoms with van der Waals surface area (Å²) in [6, 6.07) is 0. The minimum absolute atomic E-state index is 0.554. The van der Waals surface area contributed by atoms with Crippen LogP contribution in [0.3, 0.4) is 0 Å². The van der Waals surface area contributed by atoms with Crippen molar-refractivity contribution in [2.45, 2.75) is 13.3 Å². The van der Waals surface area contributed by atoms with E-state index in [1.54, 1.807) is 6.92 Å². The normalized spacial score (nSPS) is 12.1. The van der Waals surface area contributed by atoms with Gasteiger partial charge in [0.15, 0.2) is 5.82 Å². The van der Waals surface area contributed by atoms with Gasteiger partial charge >= 0.3 is 0 Å². The molecule has 4 nitrogen and oxygen atoms in total. The van der Waals surface area contributed by atoms with Crippen molar-refractivity contribution in [3.8, 4) is 0 Å². The van der Waals surface area contributed by atoms with Crippen LogP contribution in [0.15, 0.2) is 15.1 Å². The van der Waals surface area contributed by atoms with Crippen molar-refractivity contribution >= 4 is 23.2 Å². The van der Waals surface area contributed by atoms with Crippen molar-refractivity contribution in [3.63, 3.8) is 0 Å². The lowest BCUT2D eigenvalue weighted by molar-refractivity contribution is 0.373. The first kappa shape index (κ1) is 11.5. The minimum atomic E-state index is 0.554. The summed E-state index contributed by atoms with van der Waals surface area (Å²) in [6.45, 7) is 3.06. The SMILES string of the molecule is Cc1noc(CCNCC(Cl)=CCl)n1. The van der Waals surface area contributed by atoms with Crippen LogP contribution in [0.1, 0.15) is 11.7 Å². The van der Waals surface area contributed by atoms with Gasteiger partial charge in [-0.05, 0) is 6.92 Å². The second-order valence-corrected chi connectivity index (χ2v) is 3.42. The van der Waals surface area contributed by atoms with Crippen LogP contribution in [-0.4, -0.2) is 23.2 Å². The zero-order valence-corrected chi connectivity index (χ0v) is 9.27. The third-order valence-corrected chi connectivity index (χ3v) is 2.12. The molecular weight excluding hydrogens is 225 g/mol. The van der Waals surface area contributed by atoms with E-state index >= 15 is 0 Å². The number of rotatable bonds is 5. The second kappa shape index (κ2) is 6.01. The van der Waals surface area contributed by atoms with Crippen LogP contribution in [0.25, 0.3) is 0 Å². The molecule has 1 aromatic heterocycles. The third-order valence-electron chi connectivity index (χ3n) is 1.50. The Bertz CT molecular complexity index is 311. The van der Waals surface area contributed by atoms with Gasteiger partial charge in [-0.3, -0.25) is 0 Å². The Morgan fingerprint density at radius 2 is 2.43 bits per heavy atom. The van der Waals surface area contributed by atoms with Crippen LogP contribution in [0.2, 0.25) is 0 Å². The summed E-state index contributed by atoms with van der Waals surface area (Å²) in [5.74, 6) is 1.28. The maximum absolute atomic E-state index is 5.67. The summed E-state index contributed by atoms with van der Waals surface area (Å²) in [5, 5.41) is 7.33. The lowest BCUT2D eigenvalue weighted by atomic mass is 10.4. The molecule has 0 aliphatic heterocycles. The smallest absolute Gasteiger partial charge is 0.227 e. The summed E-state index contributed by atoms with van der Waals surface area (Å²) in [4.78, 5) is 4.06. The number of halogens is 2. The third kappa shape index (κ3) is 4.09. The van der Waals surface area contributed by atoms with Gasteiger partial charge in [0, 0.05) is 30.1 Å². The molecule has 0 saturated heterocycles. The maximum Gasteiger partial charge on any atom is 0.227 e.